The summed E-state index contributed by atoms with van der Waals surface area (Å²) in [5, 5.41) is 38.0. The lowest BCUT2D eigenvalue weighted by atomic mass is 9.78. The number of carbonyl (C=O) groups is 4. The topological polar surface area (TPSA) is 181 Å². The molecule has 2 aliphatic carbocycles. The molecule has 4 N–H and O–H groups in total. The van der Waals surface area contributed by atoms with Crippen molar-refractivity contribution in [2.24, 2.45) is 23.7 Å². The molecule has 2 fully saturated rings. The monoisotopic (exact) mass is 679 g/mol. The SMILES string of the molecule is O=C(O)C1CCC(Oc2ccc(-c3cc(-c4ccccc4)cc(-c4ccc(OC5CCC(C(=O)O)C(C(=O)O)C5)cc4)n3)cc2)CC1C(=O)O. The number of benzene rings is 3. The maximum Gasteiger partial charge on any atom is 0.307 e. The Labute approximate surface area is 288 Å². The van der Waals surface area contributed by atoms with Crippen molar-refractivity contribution >= 4 is 23.9 Å². The minimum Gasteiger partial charge on any atom is -0.490 e. The van der Waals surface area contributed by atoms with E-state index in [1.807, 2.05) is 66.7 Å². The first-order valence-corrected chi connectivity index (χ1v) is 16.6. The van der Waals surface area contributed by atoms with Crippen LogP contribution in [0.1, 0.15) is 38.5 Å². The quantitative estimate of drug-likeness (QED) is 0.132. The molecule has 2 saturated carbocycles. The second-order valence-corrected chi connectivity index (χ2v) is 12.9. The zero-order valence-corrected chi connectivity index (χ0v) is 27.1. The molecular weight excluding hydrogens is 642 g/mol. The smallest absolute Gasteiger partial charge is 0.307 e. The maximum absolute atomic E-state index is 11.7. The molecule has 1 heterocycles. The molecule has 6 rings (SSSR count). The molecule has 4 aromatic rings. The van der Waals surface area contributed by atoms with E-state index in [9.17, 15) is 39.6 Å². The van der Waals surface area contributed by atoms with Crippen LogP contribution >= 0.6 is 0 Å². The number of hydrogen-bond donors (Lipinski definition) is 4. The zero-order chi connectivity index (χ0) is 35.4. The van der Waals surface area contributed by atoms with Crippen molar-refractivity contribution in [1.29, 1.82) is 0 Å². The third-order valence-corrected chi connectivity index (χ3v) is 9.71. The van der Waals surface area contributed by atoms with Crippen molar-refractivity contribution in [3.8, 4) is 45.1 Å². The lowest BCUT2D eigenvalue weighted by Crippen LogP contribution is -2.39. The van der Waals surface area contributed by atoms with Crippen LogP contribution in [0.4, 0.5) is 0 Å². The van der Waals surface area contributed by atoms with Crippen LogP contribution in [-0.2, 0) is 19.2 Å². The summed E-state index contributed by atoms with van der Waals surface area (Å²) in [4.78, 5) is 51.5. The normalized spacial score (nSPS) is 23.4. The summed E-state index contributed by atoms with van der Waals surface area (Å²) in [5.41, 5.74) is 5.06. The minimum absolute atomic E-state index is 0.122. The van der Waals surface area contributed by atoms with Gasteiger partial charge in [0, 0.05) is 11.1 Å². The number of pyridine rings is 1. The maximum atomic E-state index is 11.7. The van der Waals surface area contributed by atoms with Crippen LogP contribution in [0.2, 0.25) is 0 Å². The summed E-state index contributed by atoms with van der Waals surface area (Å²) in [5.74, 6) is -7.19. The van der Waals surface area contributed by atoms with Crippen LogP contribution in [0.5, 0.6) is 11.5 Å². The van der Waals surface area contributed by atoms with E-state index in [0.717, 1.165) is 33.6 Å². The fraction of sp³-hybridized carbons (Fsp3) is 0.308. The van der Waals surface area contributed by atoms with Gasteiger partial charge in [-0.05, 0) is 110 Å². The molecule has 1 aromatic heterocycles. The van der Waals surface area contributed by atoms with E-state index in [-0.39, 0.29) is 25.7 Å². The van der Waals surface area contributed by atoms with Crippen LogP contribution in [0.25, 0.3) is 33.6 Å². The van der Waals surface area contributed by atoms with E-state index >= 15 is 0 Å². The van der Waals surface area contributed by atoms with Gasteiger partial charge in [-0.15, -0.1) is 0 Å². The molecular formula is C39H37NO10. The van der Waals surface area contributed by atoms with Gasteiger partial charge in [-0.2, -0.15) is 0 Å². The highest BCUT2D eigenvalue weighted by Crippen LogP contribution is 2.36. The van der Waals surface area contributed by atoms with Crippen LogP contribution in [-0.4, -0.2) is 61.5 Å². The Bertz CT molecular complexity index is 1740. The standard InChI is InChI=1S/C39H37NO10/c41-36(42)30-16-14-28(20-32(30)38(45)46)49-26-10-6-23(7-11-26)34-18-25(22-4-2-1-3-5-22)19-35(40-34)24-8-12-27(13-9-24)50-29-15-17-31(37(43)44)33(21-29)39(47)48/h1-13,18-19,28-33H,14-17,20-21H2,(H,41,42)(H,43,44)(H,45,46)(H,47,48). The van der Waals surface area contributed by atoms with E-state index in [2.05, 4.69) is 0 Å². The van der Waals surface area contributed by atoms with Gasteiger partial charge in [0.25, 0.3) is 0 Å². The van der Waals surface area contributed by atoms with Crippen LogP contribution in [0.15, 0.2) is 91.0 Å². The molecule has 2 aliphatic rings. The lowest BCUT2D eigenvalue weighted by Gasteiger charge is -2.31. The number of rotatable bonds is 11. The van der Waals surface area contributed by atoms with E-state index in [1.165, 1.54) is 0 Å². The van der Waals surface area contributed by atoms with Crippen molar-refractivity contribution in [1.82, 2.24) is 4.98 Å². The molecule has 3 aromatic carbocycles. The summed E-state index contributed by atoms with van der Waals surface area (Å²) in [6.45, 7) is 0. The van der Waals surface area contributed by atoms with Crippen molar-refractivity contribution in [3.63, 3.8) is 0 Å². The van der Waals surface area contributed by atoms with Crippen molar-refractivity contribution in [3.05, 3.63) is 91.0 Å². The highest BCUT2D eigenvalue weighted by molar-refractivity contribution is 5.81. The summed E-state index contributed by atoms with van der Waals surface area (Å²) in [6.07, 6.45) is 0.798. The first-order chi connectivity index (χ1) is 24.0. The number of aliphatic carboxylic acids is 4. The van der Waals surface area contributed by atoms with Crippen LogP contribution in [0, 0.1) is 23.7 Å². The number of carboxylic acid groups (broad SMARTS) is 4. The summed E-state index contributed by atoms with van der Waals surface area (Å²) in [7, 11) is 0. The van der Waals surface area contributed by atoms with E-state index in [1.54, 1.807) is 24.3 Å². The first kappa shape index (κ1) is 34.2. The van der Waals surface area contributed by atoms with E-state index < -0.39 is 59.8 Å². The largest absolute Gasteiger partial charge is 0.490 e. The number of nitrogens with zero attached hydrogens (tertiary/aromatic N) is 1. The number of hydrogen-bond acceptors (Lipinski definition) is 7. The van der Waals surface area contributed by atoms with Gasteiger partial charge in [-0.3, -0.25) is 19.2 Å². The molecule has 0 radical (unpaired) electrons. The average molecular weight is 680 g/mol. The fourth-order valence-electron chi connectivity index (χ4n) is 7.03. The second-order valence-electron chi connectivity index (χ2n) is 12.9. The summed E-state index contributed by atoms with van der Waals surface area (Å²) in [6, 6.07) is 28.7. The lowest BCUT2D eigenvalue weighted by molar-refractivity contribution is -0.157. The van der Waals surface area contributed by atoms with Crippen LogP contribution in [0.3, 0.4) is 0 Å². The third kappa shape index (κ3) is 7.78. The molecule has 0 spiro atoms. The fourth-order valence-corrected chi connectivity index (χ4v) is 7.03. The zero-order valence-electron chi connectivity index (χ0n) is 27.1. The Morgan fingerprint density at radius 2 is 0.880 bits per heavy atom. The number of ether oxygens (including phenoxy) is 2. The van der Waals surface area contributed by atoms with Crippen LogP contribution < -0.4 is 9.47 Å². The Morgan fingerprint density at radius 3 is 1.26 bits per heavy atom. The number of aromatic nitrogens is 1. The first-order valence-electron chi connectivity index (χ1n) is 16.6. The number of carboxylic acids is 4. The predicted octanol–water partition coefficient (Wildman–Crippen LogP) is 6.75. The minimum atomic E-state index is -1.13. The molecule has 0 aliphatic heterocycles. The molecule has 258 valence electrons. The van der Waals surface area contributed by atoms with Crippen molar-refractivity contribution < 1.29 is 49.1 Å². The van der Waals surface area contributed by atoms with Gasteiger partial charge in [-0.25, -0.2) is 4.98 Å². The van der Waals surface area contributed by atoms with E-state index in [4.69, 9.17) is 14.5 Å². The Morgan fingerprint density at radius 1 is 0.480 bits per heavy atom. The average Bonchev–Trinajstić information content (AvgIpc) is 3.12. The molecule has 50 heavy (non-hydrogen) atoms. The van der Waals surface area contributed by atoms with Gasteiger partial charge < -0.3 is 29.9 Å². The van der Waals surface area contributed by atoms with E-state index in [0.29, 0.717) is 24.3 Å². The molecule has 6 atom stereocenters. The van der Waals surface area contributed by atoms with Crippen molar-refractivity contribution in [2.45, 2.75) is 50.7 Å². The summed E-state index contributed by atoms with van der Waals surface area (Å²) < 4.78 is 12.2. The predicted molar refractivity (Wildman–Crippen MR) is 182 cm³/mol. The molecule has 0 saturated heterocycles. The Kier molecular flexibility index (Phi) is 10.1. The Balaban J connectivity index is 1.20. The summed E-state index contributed by atoms with van der Waals surface area (Å²) >= 11 is 0. The molecule has 11 nitrogen and oxygen atoms in total. The van der Waals surface area contributed by atoms with Gasteiger partial charge in [0.2, 0.25) is 0 Å². The van der Waals surface area contributed by atoms with Gasteiger partial charge in [0.05, 0.1) is 47.3 Å². The Hall–Kier alpha value is -5.71. The third-order valence-electron chi connectivity index (χ3n) is 9.71. The van der Waals surface area contributed by atoms with Crippen molar-refractivity contribution in [2.75, 3.05) is 0 Å². The molecule has 0 bridgehead atoms. The van der Waals surface area contributed by atoms with Gasteiger partial charge in [0.1, 0.15) is 11.5 Å². The highest BCUT2D eigenvalue weighted by atomic mass is 16.5. The second kappa shape index (κ2) is 14.8. The van der Waals surface area contributed by atoms with Gasteiger partial charge in [0.15, 0.2) is 0 Å². The van der Waals surface area contributed by atoms with Gasteiger partial charge in [-0.1, -0.05) is 30.3 Å². The molecule has 0 amide bonds. The molecule has 11 heteroatoms. The van der Waals surface area contributed by atoms with Gasteiger partial charge >= 0.3 is 23.9 Å². The molecule has 6 unspecified atom stereocenters. The highest BCUT2D eigenvalue weighted by Gasteiger charge is 2.41.